The maximum absolute atomic E-state index is 12.5. The minimum Gasteiger partial charge on any atom is -0.497 e. The number of rotatable bonds is 4. The van der Waals surface area contributed by atoms with Gasteiger partial charge in [-0.3, -0.25) is 4.79 Å². The average Bonchev–Trinajstić information content (AvgIpc) is 3.32. The second-order valence-electron chi connectivity index (χ2n) is 5.74. The van der Waals surface area contributed by atoms with Crippen molar-refractivity contribution in [3.63, 3.8) is 0 Å². The second-order valence-corrected chi connectivity index (χ2v) is 5.74. The molecule has 6 nitrogen and oxygen atoms in total. The Morgan fingerprint density at radius 3 is 2.52 bits per heavy atom. The fraction of sp³-hybridized carbons (Fsp3) is 0.0476. The molecule has 27 heavy (non-hydrogen) atoms. The van der Waals surface area contributed by atoms with Gasteiger partial charge >= 0.3 is 5.97 Å². The van der Waals surface area contributed by atoms with Gasteiger partial charge in [-0.15, -0.1) is 0 Å². The van der Waals surface area contributed by atoms with E-state index < -0.39 is 5.97 Å². The standard InChI is InChI=1S/C21H14O6/c1-24-14-6-4-13(5-7-14)11-19-20(22)16-9-8-15(12-18(16)27-19)26-21(23)17-3-2-10-25-17/h2-12H,1H3/b19-11-. The zero-order valence-corrected chi connectivity index (χ0v) is 14.3. The maximum Gasteiger partial charge on any atom is 0.379 e. The Hall–Kier alpha value is -3.80. The first kappa shape index (κ1) is 16.7. The highest BCUT2D eigenvalue weighted by molar-refractivity contribution is 6.14. The van der Waals surface area contributed by atoms with Crippen LogP contribution in [-0.2, 0) is 0 Å². The Morgan fingerprint density at radius 2 is 1.81 bits per heavy atom. The highest BCUT2D eigenvalue weighted by atomic mass is 16.5. The van der Waals surface area contributed by atoms with Crippen molar-refractivity contribution in [2.45, 2.75) is 0 Å². The smallest absolute Gasteiger partial charge is 0.379 e. The van der Waals surface area contributed by atoms with Crippen LogP contribution < -0.4 is 14.2 Å². The van der Waals surface area contributed by atoms with Gasteiger partial charge in [0.25, 0.3) is 0 Å². The Kier molecular flexibility index (Phi) is 4.22. The number of carbonyl (C=O) groups is 2. The highest BCUT2D eigenvalue weighted by Gasteiger charge is 2.28. The lowest BCUT2D eigenvalue weighted by atomic mass is 10.1. The third-order valence-electron chi connectivity index (χ3n) is 3.99. The largest absolute Gasteiger partial charge is 0.497 e. The fourth-order valence-corrected chi connectivity index (χ4v) is 2.63. The number of furan rings is 1. The van der Waals surface area contributed by atoms with E-state index in [-0.39, 0.29) is 23.1 Å². The number of carbonyl (C=O) groups excluding carboxylic acids is 2. The van der Waals surface area contributed by atoms with Gasteiger partial charge in [0.05, 0.1) is 18.9 Å². The molecule has 1 aliphatic heterocycles. The lowest BCUT2D eigenvalue weighted by Crippen LogP contribution is -2.07. The summed E-state index contributed by atoms with van der Waals surface area (Å²) in [7, 11) is 1.59. The molecule has 1 aromatic heterocycles. The van der Waals surface area contributed by atoms with Crippen LogP contribution in [0.1, 0.15) is 26.5 Å². The molecule has 0 aliphatic carbocycles. The summed E-state index contributed by atoms with van der Waals surface area (Å²) >= 11 is 0. The number of ether oxygens (including phenoxy) is 3. The van der Waals surface area contributed by atoms with Crippen molar-refractivity contribution >= 4 is 17.8 Å². The van der Waals surface area contributed by atoms with Crippen LogP contribution in [0, 0.1) is 0 Å². The van der Waals surface area contributed by atoms with Crippen LogP contribution >= 0.6 is 0 Å². The predicted octanol–water partition coefficient (Wildman–Crippen LogP) is 4.12. The van der Waals surface area contributed by atoms with Crippen molar-refractivity contribution in [2.24, 2.45) is 0 Å². The fourth-order valence-electron chi connectivity index (χ4n) is 2.63. The molecule has 0 saturated heterocycles. The van der Waals surface area contributed by atoms with E-state index in [0.29, 0.717) is 11.3 Å². The maximum atomic E-state index is 12.5. The molecule has 3 aromatic rings. The zero-order valence-electron chi connectivity index (χ0n) is 14.3. The number of allylic oxidation sites excluding steroid dienone is 1. The van der Waals surface area contributed by atoms with Crippen LogP contribution in [0.25, 0.3) is 6.08 Å². The van der Waals surface area contributed by atoms with E-state index in [1.807, 2.05) is 12.1 Å². The molecule has 0 N–H and O–H groups in total. The number of hydrogen-bond donors (Lipinski definition) is 0. The third-order valence-corrected chi connectivity index (χ3v) is 3.99. The molecule has 0 atom stereocenters. The summed E-state index contributed by atoms with van der Waals surface area (Å²) < 4.78 is 21.0. The van der Waals surface area contributed by atoms with E-state index in [4.69, 9.17) is 18.6 Å². The first-order chi connectivity index (χ1) is 13.1. The van der Waals surface area contributed by atoms with E-state index >= 15 is 0 Å². The monoisotopic (exact) mass is 362 g/mol. The summed E-state index contributed by atoms with van der Waals surface area (Å²) in [6.07, 6.45) is 3.04. The lowest BCUT2D eigenvalue weighted by molar-refractivity contribution is 0.0701. The van der Waals surface area contributed by atoms with Gasteiger partial charge in [-0.1, -0.05) is 12.1 Å². The Bertz CT molecular complexity index is 1030. The molecule has 0 spiro atoms. The SMILES string of the molecule is COc1ccc(/C=C2\Oc3cc(OC(=O)c4ccco4)ccc3C2=O)cc1. The van der Waals surface area contributed by atoms with Crippen molar-refractivity contribution in [1.29, 1.82) is 0 Å². The van der Waals surface area contributed by atoms with Gasteiger partial charge in [0.1, 0.15) is 17.2 Å². The second kappa shape index (κ2) is 6.84. The first-order valence-corrected chi connectivity index (χ1v) is 8.12. The number of ketones is 1. The van der Waals surface area contributed by atoms with Crippen LogP contribution in [0.4, 0.5) is 0 Å². The van der Waals surface area contributed by atoms with E-state index in [2.05, 4.69) is 0 Å². The topological polar surface area (TPSA) is 75.0 Å². The summed E-state index contributed by atoms with van der Waals surface area (Å²) in [4.78, 5) is 24.5. The molecule has 0 saturated carbocycles. The van der Waals surface area contributed by atoms with Gasteiger partial charge in [0.2, 0.25) is 11.5 Å². The predicted molar refractivity (Wildman–Crippen MR) is 96.0 cm³/mol. The van der Waals surface area contributed by atoms with Gasteiger partial charge < -0.3 is 18.6 Å². The van der Waals surface area contributed by atoms with Crippen molar-refractivity contribution in [3.05, 3.63) is 83.5 Å². The number of hydrogen-bond acceptors (Lipinski definition) is 6. The molecule has 4 rings (SSSR count). The molecule has 0 radical (unpaired) electrons. The molecule has 0 fully saturated rings. The van der Waals surface area contributed by atoms with Gasteiger partial charge in [-0.05, 0) is 48.0 Å². The Labute approximate surface area is 154 Å². The molecular weight excluding hydrogens is 348 g/mol. The summed E-state index contributed by atoms with van der Waals surface area (Å²) in [6.45, 7) is 0. The molecule has 134 valence electrons. The molecule has 0 unspecified atom stereocenters. The molecule has 0 bridgehead atoms. The van der Waals surface area contributed by atoms with E-state index in [1.54, 1.807) is 37.5 Å². The lowest BCUT2D eigenvalue weighted by Gasteiger charge is -2.04. The summed E-state index contributed by atoms with van der Waals surface area (Å²) in [5, 5.41) is 0. The Morgan fingerprint density at radius 1 is 1.04 bits per heavy atom. The van der Waals surface area contributed by atoms with Gasteiger partial charge in [-0.2, -0.15) is 0 Å². The molecule has 2 aromatic carbocycles. The van der Waals surface area contributed by atoms with Crippen LogP contribution in [-0.4, -0.2) is 18.9 Å². The summed E-state index contributed by atoms with van der Waals surface area (Å²) in [5.74, 6) is 0.750. The van der Waals surface area contributed by atoms with Crippen LogP contribution in [0.15, 0.2) is 71.0 Å². The molecular formula is C21H14O6. The van der Waals surface area contributed by atoms with Gasteiger partial charge in [0.15, 0.2) is 5.76 Å². The van der Waals surface area contributed by atoms with Crippen molar-refractivity contribution in [3.8, 4) is 17.2 Å². The number of esters is 1. The van der Waals surface area contributed by atoms with Crippen LogP contribution in [0.2, 0.25) is 0 Å². The minimum absolute atomic E-state index is 0.0904. The van der Waals surface area contributed by atoms with Gasteiger partial charge in [0, 0.05) is 6.07 Å². The number of benzene rings is 2. The Balaban J connectivity index is 1.54. The van der Waals surface area contributed by atoms with Crippen LogP contribution in [0.5, 0.6) is 17.2 Å². The van der Waals surface area contributed by atoms with Crippen LogP contribution in [0.3, 0.4) is 0 Å². The zero-order chi connectivity index (χ0) is 18.8. The van der Waals surface area contributed by atoms with Crippen molar-refractivity contribution in [1.82, 2.24) is 0 Å². The third kappa shape index (κ3) is 3.32. The minimum atomic E-state index is -0.627. The van der Waals surface area contributed by atoms with E-state index in [1.165, 1.54) is 24.5 Å². The number of Topliss-reactive ketones (excluding diaryl/α,β-unsaturated/α-hetero) is 1. The molecule has 1 aliphatic rings. The highest BCUT2D eigenvalue weighted by Crippen LogP contribution is 2.35. The molecule has 2 heterocycles. The first-order valence-electron chi connectivity index (χ1n) is 8.12. The van der Waals surface area contributed by atoms with E-state index in [0.717, 1.165) is 11.3 Å². The molecule has 6 heteroatoms. The van der Waals surface area contributed by atoms with Gasteiger partial charge in [-0.25, -0.2) is 4.79 Å². The van der Waals surface area contributed by atoms with Crippen molar-refractivity contribution in [2.75, 3.05) is 7.11 Å². The quantitative estimate of drug-likeness (QED) is 0.395. The number of methoxy groups -OCH3 is 1. The average molecular weight is 362 g/mol. The summed E-state index contributed by atoms with van der Waals surface area (Å²) in [5.41, 5.74) is 1.21. The molecule has 0 amide bonds. The number of fused-ring (bicyclic) bond motifs is 1. The summed E-state index contributed by atoms with van der Waals surface area (Å²) in [6, 6.07) is 14.9. The van der Waals surface area contributed by atoms with E-state index in [9.17, 15) is 9.59 Å². The normalized spacial score (nSPS) is 14.0. The van der Waals surface area contributed by atoms with Crippen molar-refractivity contribution < 1.29 is 28.2 Å².